The maximum Gasteiger partial charge on any atom is 0.240 e. The first-order chi connectivity index (χ1) is 12.9. The normalized spacial score (nSPS) is 10.9. The van der Waals surface area contributed by atoms with E-state index in [1.165, 1.54) is 4.90 Å². The fourth-order valence-corrected chi connectivity index (χ4v) is 3.20. The van der Waals surface area contributed by atoms with Crippen LogP contribution in [0.3, 0.4) is 0 Å². The topological polar surface area (TPSA) is 81.3 Å². The number of halogens is 2. The number of nitrogens with two attached hydrogens (primary N) is 1. The molecule has 0 bridgehead atoms. The van der Waals surface area contributed by atoms with Crippen LogP contribution in [0.4, 0.5) is 5.69 Å². The molecule has 0 unspecified atom stereocenters. The van der Waals surface area contributed by atoms with E-state index in [0.29, 0.717) is 32.9 Å². The van der Waals surface area contributed by atoms with Crippen molar-refractivity contribution in [2.24, 2.45) is 5.73 Å². The van der Waals surface area contributed by atoms with Crippen molar-refractivity contribution in [3.05, 3.63) is 57.7 Å². The van der Waals surface area contributed by atoms with Crippen molar-refractivity contribution in [3.8, 4) is 5.88 Å². The number of benzene rings is 2. The van der Waals surface area contributed by atoms with Gasteiger partial charge < -0.3 is 15.4 Å². The summed E-state index contributed by atoms with van der Waals surface area (Å²) in [5.74, 6) is 0.139. The van der Waals surface area contributed by atoms with Crippen LogP contribution in [0, 0.1) is 6.92 Å². The van der Waals surface area contributed by atoms with Crippen molar-refractivity contribution >= 4 is 45.8 Å². The summed E-state index contributed by atoms with van der Waals surface area (Å²) < 4.78 is 5.84. The third-order valence-electron chi connectivity index (χ3n) is 4.13. The van der Waals surface area contributed by atoms with E-state index in [2.05, 4.69) is 9.97 Å². The highest BCUT2D eigenvalue weighted by molar-refractivity contribution is 6.38. The van der Waals surface area contributed by atoms with E-state index in [1.807, 2.05) is 31.2 Å². The summed E-state index contributed by atoms with van der Waals surface area (Å²) in [4.78, 5) is 22.2. The average Bonchev–Trinajstić information content (AvgIpc) is 2.67. The number of carbonyl (C=O) groups excluding carboxylic acids is 1. The van der Waals surface area contributed by atoms with Crippen LogP contribution in [-0.4, -0.2) is 29.5 Å². The second kappa shape index (κ2) is 8.08. The van der Waals surface area contributed by atoms with Crippen LogP contribution in [0.1, 0.15) is 11.3 Å². The Balaban J connectivity index is 1.90. The Morgan fingerprint density at radius 2 is 1.81 bits per heavy atom. The van der Waals surface area contributed by atoms with E-state index in [1.54, 1.807) is 19.2 Å². The number of ether oxygens (including phenoxy) is 1. The Hall–Kier alpha value is -2.41. The summed E-state index contributed by atoms with van der Waals surface area (Å²) in [7, 11) is 1.61. The van der Waals surface area contributed by atoms with Crippen molar-refractivity contribution in [3.63, 3.8) is 0 Å². The summed E-state index contributed by atoms with van der Waals surface area (Å²) in [6, 6.07) is 10.9. The Bertz CT molecular complexity index is 1010. The van der Waals surface area contributed by atoms with Crippen molar-refractivity contribution in [1.29, 1.82) is 0 Å². The number of likely N-dealkylation sites (N-methyl/N-ethyl adjacent to an activating group) is 1. The van der Waals surface area contributed by atoms with Crippen LogP contribution in [0.2, 0.25) is 10.0 Å². The van der Waals surface area contributed by atoms with Gasteiger partial charge in [0.15, 0.2) is 0 Å². The quantitative estimate of drug-likeness (QED) is 0.699. The number of rotatable bonds is 5. The lowest BCUT2D eigenvalue weighted by atomic mass is 10.2. The van der Waals surface area contributed by atoms with Gasteiger partial charge in [0.2, 0.25) is 11.8 Å². The van der Waals surface area contributed by atoms with Gasteiger partial charge in [-0.2, -0.15) is 0 Å². The third kappa shape index (κ3) is 3.98. The predicted molar refractivity (Wildman–Crippen MR) is 108 cm³/mol. The molecular weight excluding hydrogens is 387 g/mol. The first-order valence-corrected chi connectivity index (χ1v) is 8.97. The molecule has 0 spiro atoms. The van der Waals surface area contributed by atoms with Crippen LogP contribution >= 0.6 is 23.2 Å². The van der Waals surface area contributed by atoms with Crippen molar-refractivity contribution in [2.45, 2.75) is 13.5 Å². The largest absolute Gasteiger partial charge is 0.471 e. The minimum Gasteiger partial charge on any atom is -0.471 e. The van der Waals surface area contributed by atoms with Gasteiger partial charge >= 0.3 is 0 Å². The molecule has 1 heterocycles. The van der Waals surface area contributed by atoms with E-state index >= 15 is 0 Å². The van der Waals surface area contributed by atoms with Gasteiger partial charge in [0.25, 0.3) is 0 Å². The monoisotopic (exact) mass is 404 g/mol. The van der Waals surface area contributed by atoms with E-state index in [-0.39, 0.29) is 19.1 Å². The molecule has 140 valence electrons. The highest BCUT2D eigenvalue weighted by Crippen LogP contribution is 2.34. The molecule has 0 aliphatic carbocycles. The van der Waals surface area contributed by atoms with Crippen molar-refractivity contribution in [2.75, 3.05) is 18.5 Å². The second-order valence-corrected chi connectivity index (χ2v) is 6.69. The van der Waals surface area contributed by atoms with Gasteiger partial charge in [0, 0.05) is 17.6 Å². The summed E-state index contributed by atoms with van der Waals surface area (Å²) >= 11 is 12.8. The van der Waals surface area contributed by atoms with E-state index < -0.39 is 0 Å². The molecule has 0 aliphatic rings. The number of para-hydroxylation sites is 2. The summed E-state index contributed by atoms with van der Waals surface area (Å²) in [5, 5.41) is 0.766. The number of aromatic nitrogens is 2. The van der Waals surface area contributed by atoms with Crippen molar-refractivity contribution < 1.29 is 9.53 Å². The number of fused-ring (bicyclic) bond motifs is 1. The molecule has 0 radical (unpaired) electrons. The summed E-state index contributed by atoms with van der Waals surface area (Å²) in [6.45, 7) is 1.79. The van der Waals surface area contributed by atoms with E-state index in [9.17, 15) is 4.79 Å². The summed E-state index contributed by atoms with van der Waals surface area (Å²) in [6.07, 6.45) is 0. The van der Waals surface area contributed by atoms with Crippen LogP contribution < -0.4 is 15.4 Å². The Labute approximate surface area is 166 Å². The average molecular weight is 405 g/mol. The molecule has 27 heavy (non-hydrogen) atoms. The first-order valence-electron chi connectivity index (χ1n) is 8.22. The zero-order valence-corrected chi connectivity index (χ0v) is 16.4. The van der Waals surface area contributed by atoms with Gasteiger partial charge in [-0.3, -0.25) is 4.79 Å². The first kappa shape index (κ1) is 19.4. The highest BCUT2D eigenvalue weighted by Gasteiger charge is 2.18. The SMILES string of the molecule is Cc1nc2ccccc2nc1OCc1c(Cl)ccc(N(C)C(=O)CN)c1Cl. The molecule has 0 aliphatic heterocycles. The number of carbonyl (C=O) groups is 1. The van der Waals surface area contributed by atoms with Crippen LogP contribution in [-0.2, 0) is 11.4 Å². The fourth-order valence-electron chi connectivity index (χ4n) is 2.60. The molecule has 1 aromatic heterocycles. The molecule has 6 nitrogen and oxygen atoms in total. The van der Waals surface area contributed by atoms with Gasteiger partial charge in [-0.15, -0.1) is 0 Å². The summed E-state index contributed by atoms with van der Waals surface area (Å²) in [5.41, 5.74) is 8.68. The minimum absolute atomic E-state index is 0.0873. The van der Waals surface area contributed by atoms with Crippen LogP contribution in [0.15, 0.2) is 36.4 Å². The lowest BCUT2D eigenvalue weighted by molar-refractivity contribution is -0.117. The van der Waals surface area contributed by atoms with Crippen molar-refractivity contribution in [1.82, 2.24) is 9.97 Å². The molecule has 0 fully saturated rings. The fraction of sp³-hybridized carbons (Fsp3) is 0.211. The molecule has 0 saturated heterocycles. The maximum absolute atomic E-state index is 11.9. The number of anilines is 1. The standard InChI is InChI=1S/C19H18Cl2N4O2/c1-11-19(24-15-6-4-3-5-14(15)23-11)27-10-12-13(20)7-8-16(18(12)21)25(2)17(26)9-22/h3-8H,9-10,22H2,1-2H3. The smallest absolute Gasteiger partial charge is 0.240 e. The zero-order chi connectivity index (χ0) is 19.6. The number of aryl methyl sites for hydroxylation is 1. The molecule has 1 amide bonds. The van der Waals surface area contributed by atoms with Gasteiger partial charge in [-0.25, -0.2) is 9.97 Å². The van der Waals surface area contributed by atoms with Gasteiger partial charge in [0.05, 0.1) is 28.3 Å². The highest BCUT2D eigenvalue weighted by atomic mass is 35.5. The number of nitrogens with zero attached hydrogens (tertiary/aromatic N) is 3. The molecular formula is C19H18Cl2N4O2. The molecule has 3 rings (SSSR count). The van der Waals surface area contributed by atoms with Gasteiger partial charge in [0.1, 0.15) is 12.3 Å². The Morgan fingerprint density at radius 3 is 2.48 bits per heavy atom. The zero-order valence-electron chi connectivity index (χ0n) is 14.9. The minimum atomic E-state index is -0.262. The molecule has 8 heteroatoms. The lowest BCUT2D eigenvalue weighted by Crippen LogP contribution is -2.32. The second-order valence-electron chi connectivity index (χ2n) is 5.91. The molecule has 0 saturated carbocycles. The van der Waals surface area contributed by atoms with Gasteiger partial charge in [-0.05, 0) is 31.2 Å². The third-order valence-corrected chi connectivity index (χ3v) is 4.91. The number of hydrogen-bond donors (Lipinski definition) is 1. The van der Waals surface area contributed by atoms with Crippen LogP contribution in [0.5, 0.6) is 5.88 Å². The molecule has 3 aromatic rings. The maximum atomic E-state index is 11.9. The van der Waals surface area contributed by atoms with E-state index in [0.717, 1.165) is 11.0 Å². The van der Waals surface area contributed by atoms with Crippen LogP contribution in [0.25, 0.3) is 11.0 Å². The number of amides is 1. The number of hydrogen-bond acceptors (Lipinski definition) is 5. The lowest BCUT2D eigenvalue weighted by Gasteiger charge is -2.20. The van der Waals surface area contributed by atoms with Gasteiger partial charge in [-0.1, -0.05) is 35.3 Å². The molecule has 2 aromatic carbocycles. The Morgan fingerprint density at radius 1 is 1.15 bits per heavy atom. The van der Waals surface area contributed by atoms with E-state index in [4.69, 9.17) is 33.7 Å². The predicted octanol–water partition coefficient (Wildman–Crippen LogP) is 3.75. The Kier molecular flexibility index (Phi) is 5.79. The molecule has 2 N–H and O–H groups in total. The molecule has 0 atom stereocenters.